The van der Waals surface area contributed by atoms with E-state index in [1.807, 2.05) is 24.4 Å². The van der Waals surface area contributed by atoms with Crippen molar-refractivity contribution in [2.24, 2.45) is 0 Å². The van der Waals surface area contributed by atoms with Crippen LogP contribution in [0, 0.1) is 12.7 Å². The van der Waals surface area contributed by atoms with Crippen molar-refractivity contribution in [1.29, 1.82) is 0 Å². The Balaban J connectivity index is 1.45. The zero-order valence-corrected chi connectivity index (χ0v) is 15.6. The molecule has 26 heavy (non-hydrogen) atoms. The number of carbonyl (C=O) groups is 1. The second kappa shape index (κ2) is 8.73. The second-order valence-corrected chi connectivity index (χ2v) is 7.63. The van der Waals surface area contributed by atoms with Gasteiger partial charge in [-0.2, -0.15) is 0 Å². The maximum Gasteiger partial charge on any atom is 0.331 e. The summed E-state index contributed by atoms with van der Waals surface area (Å²) < 4.78 is 23.6. The summed E-state index contributed by atoms with van der Waals surface area (Å²) in [5, 5.41) is 2.58. The number of ether oxygens (including phenoxy) is 2. The lowest BCUT2D eigenvalue weighted by Gasteiger charge is -2.03. The molecule has 0 bridgehead atoms. The van der Waals surface area contributed by atoms with E-state index in [-0.39, 0.29) is 19.0 Å². The summed E-state index contributed by atoms with van der Waals surface area (Å²) in [6.45, 7) is 2.40. The van der Waals surface area contributed by atoms with Crippen molar-refractivity contribution in [3.05, 3.63) is 74.1 Å². The number of benzene rings is 1. The van der Waals surface area contributed by atoms with Gasteiger partial charge in [0.25, 0.3) is 0 Å². The molecule has 2 heterocycles. The van der Waals surface area contributed by atoms with E-state index in [2.05, 4.69) is 4.98 Å². The van der Waals surface area contributed by atoms with Crippen LogP contribution in [0.3, 0.4) is 0 Å². The topological polar surface area (TPSA) is 48.4 Å². The van der Waals surface area contributed by atoms with E-state index in [1.54, 1.807) is 29.5 Å². The molecule has 1 aromatic carbocycles. The first-order valence-corrected chi connectivity index (χ1v) is 9.51. The minimum Gasteiger partial charge on any atom is -0.486 e. The molecule has 0 aliphatic carbocycles. The van der Waals surface area contributed by atoms with E-state index in [1.165, 1.54) is 34.4 Å². The second-order valence-electron chi connectivity index (χ2n) is 5.36. The van der Waals surface area contributed by atoms with Crippen LogP contribution in [0.15, 0.2) is 47.9 Å². The first kappa shape index (κ1) is 18.3. The molecular formula is C19H16FNO3S2. The fourth-order valence-corrected chi connectivity index (χ4v) is 3.51. The largest absolute Gasteiger partial charge is 0.486 e. The van der Waals surface area contributed by atoms with Crippen LogP contribution in [0.5, 0.6) is 5.75 Å². The zero-order valence-electron chi connectivity index (χ0n) is 14.0. The molecule has 0 spiro atoms. The van der Waals surface area contributed by atoms with Crippen molar-refractivity contribution in [3.8, 4) is 5.75 Å². The van der Waals surface area contributed by atoms with Crippen molar-refractivity contribution in [2.75, 3.05) is 0 Å². The Morgan fingerprint density at radius 2 is 2.00 bits per heavy atom. The van der Waals surface area contributed by atoms with Gasteiger partial charge in [0.2, 0.25) is 0 Å². The highest BCUT2D eigenvalue weighted by molar-refractivity contribution is 7.12. The van der Waals surface area contributed by atoms with Gasteiger partial charge in [0.15, 0.2) is 0 Å². The van der Waals surface area contributed by atoms with Crippen molar-refractivity contribution >= 4 is 34.7 Å². The Hall–Kier alpha value is -2.51. The Bertz CT molecular complexity index is 900. The number of aryl methyl sites for hydroxylation is 1. The molecule has 0 aliphatic heterocycles. The SMILES string of the molecule is Cc1ccc(/C=C/C(=O)OCc2csc(COc3ccc(F)cc3)n2)s1. The Labute approximate surface area is 158 Å². The predicted octanol–water partition coefficient (Wildman–Crippen LogP) is 4.99. The Morgan fingerprint density at radius 3 is 2.73 bits per heavy atom. The first-order chi connectivity index (χ1) is 12.6. The van der Waals surface area contributed by atoms with E-state index in [4.69, 9.17) is 9.47 Å². The molecule has 4 nitrogen and oxygen atoms in total. The molecule has 0 radical (unpaired) electrons. The van der Waals surface area contributed by atoms with Gasteiger partial charge in [-0.1, -0.05) is 0 Å². The normalized spacial score (nSPS) is 11.0. The van der Waals surface area contributed by atoms with Crippen LogP contribution in [0.2, 0.25) is 0 Å². The number of aromatic nitrogens is 1. The van der Waals surface area contributed by atoms with Gasteiger partial charge in [0.1, 0.15) is 29.8 Å². The highest BCUT2D eigenvalue weighted by atomic mass is 32.1. The summed E-state index contributed by atoms with van der Waals surface area (Å²) in [4.78, 5) is 18.3. The smallest absolute Gasteiger partial charge is 0.331 e. The highest BCUT2D eigenvalue weighted by Crippen LogP contribution is 2.18. The van der Waals surface area contributed by atoms with E-state index >= 15 is 0 Å². The molecule has 134 valence electrons. The fraction of sp³-hybridized carbons (Fsp3) is 0.158. The monoisotopic (exact) mass is 389 g/mol. The van der Waals surface area contributed by atoms with E-state index in [0.717, 1.165) is 9.88 Å². The highest BCUT2D eigenvalue weighted by Gasteiger charge is 2.06. The lowest BCUT2D eigenvalue weighted by Crippen LogP contribution is -2.01. The van der Waals surface area contributed by atoms with Crippen molar-refractivity contribution in [3.63, 3.8) is 0 Å². The molecular weight excluding hydrogens is 373 g/mol. The number of nitrogens with zero attached hydrogens (tertiary/aromatic N) is 1. The maximum absolute atomic E-state index is 12.8. The van der Waals surface area contributed by atoms with Crippen molar-refractivity contribution < 1.29 is 18.7 Å². The number of esters is 1. The first-order valence-electron chi connectivity index (χ1n) is 7.81. The summed E-state index contributed by atoms with van der Waals surface area (Å²) in [6, 6.07) is 9.76. The number of carbonyl (C=O) groups excluding carboxylic acids is 1. The third-order valence-corrected chi connectivity index (χ3v) is 5.12. The number of thiophene rings is 1. The molecule has 0 unspecified atom stereocenters. The molecule has 0 saturated carbocycles. The summed E-state index contributed by atoms with van der Waals surface area (Å²) in [5.74, 6) is -0.143. The van der Waals surface area contributed by atoms with Gasteiger partial charge in [0.05, 0.1) is 5.69 Å². The van der Waals surface area contributed by atoms with Crippen LogP contribution in [0.25, 0.3) is 6.08 Å². The van der Waals surface area contributed by atoms with E-state index < -0.39 is 5.97 Å². The minimum absolute atomic E-state index is 0.111. The molecule has 0 fully saturated rings. The van der Waals surface area contributed by atoms with Gasteiger partial charge in [-0.05, 0) is 49.4 Å². The molecule has 0 atom stereocenters. The number of thiazole rings is 1. The van der Waals surface area contributed by atoms with Crippen LogP contribution >= 0.6 is 22.7 Å². The average Bonchev–Trinajstić information content (AvgIpc) is 3.26. The van der Waals surface area contributed by atoms with Crippen molar-refractivity contribution in [1.82, 2.24) is 4.98 Å². The van der Waals surface area contributed by atoms with E-state index in [9.17, 15) is 9.18 Å². The molecule has 0 amide bonds. The molecule has 3 rings (SSSR count). The molecule has 3 aromatic rings. The fourth-order valence-electron chi connectivity index (χ4n) is 2.04. The number of halogens is 1. The maximum atomic E-state index is 12.8. The molecule has 0 saturated heterocycles. The molecule has 0 N–H and O–H groups in total. The number of hydrogen-bond acceptors (Lipinski definition) is 6. The van der Waals surface area contributed by atoms with Crippen LogP contribution in [-0.2, 0) is 22.7 Å². The lowest BCUT2D eigenvalue weighted by molar-refractivity contribution is -0.139. The van der Waals surface area contributed by atoms with E-state index in [0.29, 0.717) is 11.4 Å². The van der Waals surface area contributed by atoms with Crippen LogP contribution in [0.4, 0.5) is 4.39 Å². The Kier molecular flexibility index (Phi) is 6.14. The molecule has 7 heteroatoms. The lowest BCUT2D eigenvalue weighted by atomic mass is 10.3. The molecule has 2 aromatic heterocycles. The van der Waals surface area contributed by atoms with Gasteiger partial charge >= 0.3 is 5.97 Å². The standard InChI is InChI=1S/C19H16FNO3S2/c1-13-2-7-17(26-13)8-9-19(22)24-10-15-12-25-18(21-15)11-23-16-5-3-14(20)4-6-16/h2-9,12H,10-11H2,1H3/b9-8+. The summed E-state index contributed by atoms with van der Waals surface area (Å²) in [5.41, 5.74) is 0.668. The third kappa shape index (κ3) is 5.50. The average molecular weight is 389 g/mol. The number of hydrogen-bond donors (Lipinski definition) is 0. The predicted molar refractivity (Wildman–Crippen MR) is 101 cm³/mol. The van der Waals surface area contributed by atoms with Gasteiger partial charge in [-0.25, -0.2) is 14.2 Å². The molecule has 0 aliphatic rings. The third-order valence-electron chi connectivity index (χ3n) is 3.28. The van der Waals surface area contributed by atoms with Gasteiger partial charge < -0.3 is 9.47 Å². The summed E-state index contributed by atoms with van der Waals surface area (Å²) in [6.07, 6.45) is 3.15. The van der Waals surface area contributed by atoms with Gasteiger partial charge in [0, 0.05) is 21.2 Å². The van der Waals surface area contributed by atoms with Crippen LogP contribution in [-0.4, -0.2) is 11.0 Å². The Morgan fingerprint density at radius 1 is 1.19 bits per heavy atom. The van der Waals surface area contributed by atoms with Crippen molar-refractivity contribution in [2.45, 2.75) is 20.1 Å². The number of rotatable bonds is 7. The van der Waals surface area contributed by atoms with Gasteiger partial charge in [-0.15, -0.1) is 22.7 Å². The summed E-state index contributed by atoms with van der Waals surface area (Å²) >= 11 is 3.03. The minimum atomic E-state index is -0.409. The van der Waals surface area contributed by atoms with Crippen LogP contribution in [0.1, 0.15) is 20.5 Å². The summed E-state index contributed by atoms with van der Waals surface area (Å²) in [7, 11) is 0. The zero-order chi connectivity index (χ0) is 18.4. The van der Waals surface area contributed by atoms with Gasteiger partial charge in [-0.3, -0.25) is 0 Å². The van der Waals surface area contributed by atoms with Crippen LogP contribution < -0.4 is 4.74 Å². The quantitative estimate of drug-likeness (QED) is 0.422.